The van der Waals surface area contributed by atoms with Crippen molar-refractivity contribution < 1.29 is 8.42 Å². The summed E-state index contributed by atoms with van der Waals surface area (Å²) in [5.41, 5.74) is 6.85. The van der Waals surface area contributed by atoms with E-state index in [1.165, 1.54) is 9.40 Å². The fourth-order valence-electron chi connectivity index (χ4n) is 2.68. The Bertz CT molecular complexity index is 891. The van der Waals surface area contributed by atoms with Gasteiger partial charge in [0.25, 0.3) is 0 Å². The molecule has 4 rings (SSSR count). The van der Waals surface area contributed by atoms with Crippen molar-refractivity contribution in [1.29, 1.82) is 0 Å². The zero-order chi connectivity index (χ0) is 14.6. The van der Waals surface area contributed by atoms with Crippen LogP contribution in [0.2, 0.25) is 0 Å². The highest BCUT2D eigenvalue weighted by Gasteiger charge is 2.31. The maximum atomic E-state index is 11.6. The van der Waals surface area contributed by atoms with E-state index in [1.807, 2.05) is 6.07 Å². The molecule has 2 N–H and O–H groups in total. The first-order valence-corrected chi connectivity index (χ1v) is 10.1. The van der Waals surface area contributed by atoms with Gasteiger partial charge in [0.05, 0.1) is 22.4 Å². The molecule has 3 aromatic rings. The van der Waals surface area contributed by atoms with E-state index in [0.717, 1.165) is 10.6 Å². The third kappa shape index (κ3) is 2.27. The molecule has 1 aliphatic heterocycles. The third-order valence-corrected chi connectivity index (χ3v) is 7.58. The van der Waals surface area contributed by atoms with Crippen LogP contribution >= 0.6 is 22.7 Å². The Morgan fingerprint density at radius 3 is 2.90 bits per heavy atom. The molecule has 0 aliphatic carbocycles. The van der Waals surface area contributed by atoms with Crippen molar-refractivity contribution in [2.24, 2.45) is 0 Å². The van der Waals surface area contributed by atoms with Gasteiger partial charge in [-0.3, -0.25) is 0 Å². The molecule has 0 aromatic carbocycles. The highest BCUT2D eigenvalue weighted by atomic mass is 32.2. The van der Waals surface area contributed by atoms with Crippen molar-refractivity contribution in [1.82, 2.24) is 9.78 Å². The lowest BCUT2D eigenvalue weighted by Gasteiger charge is -2.09. The highest BCUT2D eigenvalue weighted by molar-refractivity contribution is 7.91. The minimum absolute atomic E-state index is 0.134. The number of thiophene rings is 2. The van der Waals surface area contributed by atoms with Gasteiger partial charge in [-0.1, -0.05) is 0 Å². The molecule has 1 unspecified atom stereocenters. The van der Waals surface area contributed by atoms with E-state index >= 15 is 0 Å². The van der Waals surface area contributed by atoms with E-state index in [2.05, 4.69) is 22.6 Å². The largest absolute Gasteiger partial charge is 0.384 e. The number of fused-ring (bicyclic) bond motifs is 1. The number of hydrogen-bond acceptors (Lipinski definition) is 6. The topological polar surface area (TPSA) is 78.0 Å². The molecule has 0 saturated carbocycles. The average molecular weight is 339 g/mol. The third-order valence-electron chi connectivity index (χ3n) is 3.71. The molecule has 21 heavy (non-hydrogen) atoms. The van der Waals surface area contributed by atoms with Crippen LogP contribution < -0.4 is 5.73 Å². The van der Waals surface area contributed by atoms with E-state index in [9.17, 15) is 8.42 Å². The number of sulfone groups is 1. The lowest BCUT2D eigenvalue weighted by Crippen LogP contribution is -2.14. The summed E-state index contributed by atoms with van der Waals surface area (Å²) in [6, 6.07) is 5.91. The molecule has 8 heteroatoms. The number of aromatic nitrogens is 2. The minimum Gasteiger partial charge on any atom is -0.384 e. The first-order valence-electron chi connectivity index (χ1n) is 6.55. The van der Waals surface area contributed by atoms with Gasteiger partial charge in [0.1, 0.15) is 11.5 Å². The molecule has 1 saturated heterocycles. The summed E-state index contributed by atoms with van der Waals surface area (Å²) >= 11 is 3.39. The van der Waals surface area contributed by atoms with Gasteiger partial charge >= 0.3 is 0 Å². The van der Waals surface area contributed by atoms with E-state index in [4.69, 9.17) is 5.73 Å². The van der Waals surface area contributed by atoms with Gasteiger partial charge in [-0.15, -0.1) is 22.7 Å². The van der Waals surface area contributed by atoms with Crippen molar-refractivity contribution in [3.63, 3.8) is 0 Å². The van der Waals surface area contributed by atoms with Crippen molar-refractivity contribution in [2.75, 3.05) is 17.2 Å². The van der Waals surface area contributed by atoms with Gasteiger partial charge < -0.3 is 5.73 Å². The smallest absolute Gasteiger partial charge is 0.152 e. The molecule has 0 amide bonds. The number of nitrogens with zero attached hydrogens (tertiary/aromatic N) is 2. The summed E-state index contributed by atoms with van der Waals surface area (Å²) in [7, 11) is -2.94. The molecule has 1 aliphatic rings. The second-order valence-corrected chi connectivity index (χ2v) is 9.48. The predicted molar refractivity (Wildman–Crippen MR) is 87.6 cm³/mol. The average Bonchev–Trinajstić information content (AvgIpc) is 3.10. The Balaban J connectivity index is 1.72. The summed E-state index contributed by atoms with van der Waals surface area (Å²) in [4.78, 5) is 1.07. The number of nitrogens with two attached hydrogens (primary N) is 1. The van der Waals surface area contributed by atoms with Crippen molar-refractivity contribution in [2.45, 2.75) is 12.5 Å². The van der Waals surface area contributed by atoms with Gasteiger partial charge in [0, 0.05) is 15.5 Å². The molecule has 1 atom stereocenters. The van der Waals surface area contributed by atoms with Gasteiger partial charge in [0.2, 0.25) is 0 Å². The van der Waals surface area contributed by atoms with Crippen LogP contribution in [0.1, 0.15) is 12.5 Å². The number of anilines is 1. The summed E-state index contributed by atoms with van der Waals surface area (Å²) in [5.74, 6) is 0.891. The molecule has 4 heterocycles. The molecule has 1 fully saturated rings. The highest BCUT2D eigenvalue weighted by Crippen LogP contribution is 2.37. The SMILES string of the molecule is Nc1cc(-c2cc3sccc3s2)nn1C1CCS(=O)(=O)C1. The van der Waals surface area contributed by atoms with Gasteiger partial charge in [0.15, 0.2) is 9.84 Å². The quantitative estimate of drug-likeness (QED) is 0.779. The first-order chi connectivity index (χ1) is 10.0. The second-order valence-electron chi connectivity index (χ2n) is 5.22. The standard InChI is InChI=1S/C13H13N3O2S3/c14-13-5-9(11-6-12-10(20-11)1-3-19-12)15-16(13)8-2-4-21(17,18)7-8/h1,3,5-6,8H,2,4,7,14H2. The van der Waals surface area contributed by atoms with Crippen LogP contribution in [0.4, 0.5) is 5.82 Å². The Kier molecular flexibility index (Phi) is 2.88. The van der Waals surface area contributed by atoms with Crippen molar-refractivity contribution in [3.8, 4) is 10.6 Å². The van der Waals surface area contributed by atoms with Crippen LogP contribution in [0.15, 0.2) is 23.6 Å². The molecule has 0 bridgehead atoms. The monoisotopic (exact) mass is 339 g/mol. The van der Waals surface area contributed by atoms with E-state index in [1.54, 1.807) is 27.4 Å². The summed E-state index contributed by atoms with van der Waals surface area (Å²) in [6.07, 6.45) is 0.590. The molecule has 0 radical (unpaired) electrons. The van der Waals surface area contributed by atoms with Crippen LogP contribution in [0.25, 0.3) is 20.0 Å². The molecule has 3 aromatic heterocycles. The Labute approximate surface area is 129 Å². The second kappa shape index (κ2) is 4.56. The Morgan fingerprint density at radius 2 is 2.19 bits per heavy atom. The Morgan fingerprint density at radius 1 is 1.33 bits per heavy atom. The Hall–Kier alpha value is -1.38. The molecule has 0 spiro atoms. The molecular formula is C13H13N3O2S3. The van der Waals surface area contributed by atoms with Crippen LogP contribution in [0, 0.1) is 0 Å². The van der Waals surface area contributed by atoms with E-state index in [0.29, 0.717) is 12.2 Å². The van der Waals surface area contributed by atoms with Crippen molar-refractivity contribution in [3.05, 3.63) is 23.6 Å². The summed E-state index contributed by atoms with van der Waals surface area (Å²) < 4.78 is 27.4. The van der Waals surface area contributed by atoms with Gasteiger partial charge in [-0.2, -0.15) is 5.10 Å². The molecular weight excluding hydrogens is 326 g/mol. The number of rotatable bonds is 2. The van der Waals surface area contributed by atoms with Crippen LogP contribution in [-0.2, 0) is 9.84 Å². The molecule has 5 nitrogen and oxygen atoms in total. The van der Waals surface area contributed by atoms with Gasteiger partial charge in [-0.25, -0.2) is 13.1 Å². The van der Waals surface area contributed by atoms with Crippen LogP contribution in [0.5, 0.6) is 0 Å². The van der Waals surface area contributed by atoms with Crippen molar-refractivity contribution >= 4 is 47.7 Å². The minimum atomic E-state index is -2.94. The van der Waals surface area contributed by atoms with Gasteiger partial charge in [-0.05, 0) is 23.9 Å². The van der Waals surface area contributed by atoms with Crippen LogP contribution in [0.3, 0.4) is 0 Å². The first kappa shape index (κ1) is 13.3. The molecule has 110 valence electrons. The fourth-order valence-corrected chi connectivity index (χ4v) is 6.44. The lowest BCUT2D eigenvalue weighted by atomic mass is 10.3. The lowest BCUT2D eigenvalue weighted by molar-refractivity contribution is 0.508. The zero-order valence-electron chi connectivity index (χ0n) is 11.0. The van der Waals surface area contributed by atoms with E-state index in [-0.39, 0.29) is 17.5 Å². The summed E-state index contributed by atoms with van der Waals surface area (Å²) in [5, 5.41) is 6.62. The normalized spacial score (nSPS) is 21.2. The summed E-state index contributed by atoms with van der Waals surface area (Å²) in [6.45, 7) is 0. The number of hydrogen-bond donors (Lipinski definition) is 1. The maximum absolute atomic E-state index is 11.6. The van der Waals surface area contributed by atoms with Crippen LogP contribution in [-0.4, -0.2) is 29.7 Å². The predicted octanol–water partition coefficient (Wildman–Crippen LogP) is 2.77. The maximum Gasteiger partial charge on any atom is 0.152 e. The zero-order valence-corrected chi connectivity index (χ0v) is 13.5. The number of nitrogen functional groups attached to an aromatic ring is 1. The van der Waals surface area contributed by atoms with E-state index < -0.39 is 9.84 Å². The fraction of sp³-hybridized carbons (Fsp3) is 0.308.